The molecule has 0 radical (unpaired) electrons. The number of aromatic nitrogens is 2. The number of hydrogen-bond donors (Lipinski definition) is 3. The lowest BCUT2D eigenvalue weighted by molar-refractivity contribution is -0.135. The fourth-order valence-corrected chi connectivity index (χ4v) is 2.67. The van der Waals surface area contributed by atoms with E-state index in [1.54, 1.807) is 12.1 Å². The summed E-state index contributed by atoms with van der Waals surface area (Å²) in [5.74, 6) is -1.81. The zero-order valence-corrected chi connectivity index (χ0v) is 14.4. The van der Waals surface area contributed by atoms with Crippen molar-refractivity contribution in [2.24, 2.45) is 4.99 Å². The van der Waals surface area contributed by atoms with E-state index in [1.165, 1.54) is 0 Å². The van der Waals surface area contributed by atoms with Gasteiger partial charge in [0.2, 0.25) is 5.88 Å². The van der Waals surface area contributed by atoms with E-state index in [2.05, 4.69) is 25.9 Å². The average Bonchev–Trinajstić information content (AvgIpc) is 2.47. The third-order valence-electron chi connectivity index (χ3n) is 3.37. The molecule has 0 aliphatic carbocycles. The van der Waals surface area contributed by atoms with Crippen molar-refractivity contribution in [3.8, 4) is 11.6 Å². The normalized spacial score (nSPS) is 11.1. The molecule has 1 aromatic carbocycles. The molecule has 0 bridgehead atoms. The van der Waals surface area contributed by atoms with Gasteiger partial charge in [-0.1, -0.05) is 0 Å². The Hall–Kier alpha value is -2.68. The third kappa shape index (κ3) is 3.46. The van der Waals surface area contributed by atoms with Crippen LogP contribution < -0.4 is 11.2 Å². The van der Waals surface area contributed by atoms with Crippen molar-refractivity contribution in [3.05, 3.63) is 54.1 Å². The van der Waals surface area contributed by atoms with Crippen molar-refractivity contribution < 1.29 is 15.0 Å². The molecule has 0 unspecified atom stereocenters. The molecular weight excluding hydrogens is 382 g/mol. The van der Waals surface area contributed by atoms with Gasteiger partial charge in [0.25, 0.3) is 5.56 Å². The lowest BCUT2D eigenvalue weighted by Crippen LogP contribution is -2.31. The van der Waals surface area contributed by atoms with Crippen molar-refractivity contribution in [3.63, 3.8) is 0 Å². The van der Waals surface area contributed by atoms with Crippen LogP contribution in [0.3, 0.4) is 0 Å². The maximum Gasteiger partial charge on any atom is 0.335 e. The second-order valence-electron chi connectivity index (χ2n) is 5.08. The second kappa shape index (κ2) is 6.83. The molecule has 9 heteroatoms. The van der Waals surface area contributed by atoms with Gasteiger partial charge in [-0.2, -0.15) is 0 Å². The highest BCUT2D eigenvalue weighted by Crippen LogP contribution is 2.26. The summed E-state index contributed by atoms with van der Waals surface area (Å²) >= 11 is 3.33. The van der Waals surface area contributed by atoms with Crippen LogP contribution in [-0.2, 0) is 4.79 Å². The quantitative estimate of drug-likeness (QED) is 0.668. The van der Waals surface area contributed by atoms with Crippen LogP contribution in [-0.4, -0.2) is 38.5 Å². The van der Waals surface area contributed by atoms with Crippen LogP contribution >= 0.6 is 15.9 Å². The van der Waals surface area contributed by atoms with Crippen molar-refractivity contribution in [2.45, 2.75) is 13.8 Å². The molecule has 0 aliphatic heterocycles. The summed E-state index contributed by atoms with van der Waals surface area (Å²) < 4.78 is 1.46. The lowest BCUT2D eigenvalue weighted by atomic mass is 10.1. The SMILES string of the molecule is Cc1cc(Br)c(-n2c(O)c(C=NCC(=O)O)c(=O)[nH]c2=O)cc1C. The van der Waals surface area contributed by atoms with Crippen LogP contribution in [0.15, 0.2) is 31.2 Å². The number of aliphatic imine (C=N–C) groups is 1. The first-order valence-electron chi connectivity index (χ1n) is 6.79. The van der Waals surface area contributed by atoms with E-state index in [-0.39, 0.29) is 5.56 Å². The number of nitrogens with one attached hydrogen (secondary N) is 1. The largest absolute Gasteiger partial charge is 0.493 e. The van der Waals surface area contributed by atoms with Gasteiger partial charge >= 0.3 is 11.7 Å². The summed E-state index contributed by atoms with van der Waals surface area (Å²) in [5, 5.41) is 18.9. The van der Waals surface area contributed by atoms with Gasteiger partial charge < -0.3 is 10.2 Å². The number of rotatable bonds is 4. The Morgan fingerprint density at radius 3 is 2.58 bits per heavy atom. The van der Waals surface area contributed by atoms with Gasteiger partial charge in [0, 0.05) is 10.7 Å². The van der Waals surface area contributed by atoms with Crippen LogP contribution in [0.2, 0.25) is 0 Å². The summed E-state index contributed by atoms with van der Waals surface area (Å²) in [6.45, 7) is 3.17. The number of aliphatic carboxylic acids is 1. The zero-order chi connectivity index (χ0) is 18.0. The highest BCUT2D eigenvalue weighted by molar-refractivity contribution is 9.10. The number of carboxylic acids is 1. The molecule has 0 fully saturated rings. The number of nitrogens with zero attached hydrogens (tertiary/aromatic N) is 2. The molecule has 0 saturated carbocycles. The first-order chi connectivity index (χ1) is 11.2. The number of hydrogen-bond acceptors (Lipinski definition) is 5. The van der Waals surface area contributed by atoms with Crippen molar-refractivity contribution >= 4 is 28.1 Å². The van der Waals surface area contributed by atoms with Crippen LogP contribution in [0, 0.1) is 13.8 Å². The number of aromatic hydroxyl groups is 1. The number of carbonyl (C=O) groups is 1. The molecule has 2 aromatic rings. The number of carboxylic acid groups (broad SMARTS) is 1. The predicted molar refractivity (Wildman–Crippen MR) is 91.6 cm³/mol. The minimum absolute atomic E-state index is 0.305. The Kier molecular flexibility index (Phi) is 5.03. The van der Waals surface area contributed by atoms with Crippen molar-refractivity contribution in [1.29, 1.82) is 0 Å². The molecule has 0 amide bonds. The summed E-state index contributed by atoms with van der Waals surface area (Å²) in [5.41, 5.74) is 0.211. The van der Waals surface area contributed by atoms with Gasteiger partial charge in [-0.15, -0.1) is 0 Å². The third-order valence-corrected chi connectivity index (χ3v) is 4.01. The zero-order valence-electron chi connectivity index (χ0n) is 12.8. The molecule has 1 aromatic heterocycles. The van der Waals surface area contributed by atoms with Crippen molar-refractivity contribution in [2.75, 3.05) is 6.54 Å². The Balaban J connectivity index is 2.70. The number of aromatic amines is 1. The molecule has 1 heterocycles. The molecule has 0 saturated heterocycles. The van der Waals surface area contributed by atoms with E-state index in [0.717, 1.165) is 21.9 Å². The van der Waals surface area contributed by atoms with Crippen LogP contribution in [0.4, 0.5) is 0 Å². The maximum atomic E-state index is 12.1. The maximum absolute atomic E-state index is 12.1. The number of H-pyrrole nitrogens is 1. The van der Waals surface area contributed by atoms with Gasteiger partial charge in [0.05, 0.1) is 5.69 Å². The summed E-state index contributed by atoms with van der Waals surface area (Å²) in [6.07, 6.45) is 0.924. The van der Waals surface area contributed by atoms with Gasteiger partial charge in [-0.05, 0) is 53.0 Å². The van der Waals surface area contributed by atoms with E-state index >= 15 is 0 Å². The summed E-state index contributed by atoms with van der Waals surface area (Å²) in [6, 6.07) is 3.46. The smallest absolute Gasteiger partial charge is 0.335 e. The summed E-state index contributed by atoms with van der Waals surface area (Å²) in [7, 11) is 0. The van der Waals surface area contributed by atoms with Crippen molar-refractivity contribution in [1.82, 2.24) is 9.55 Å². The van der Waals surface area contributed by atoms with Gasteiger partial charge in [-0.3, -0.25) is 19.6 Å². The van der Waals surface area contributed by atoms with Crippen LogP contribution in [0.25, 0.3) is 5.69 Å². The van der Waals surface area contributed by atoms with Gasteiger partial charge in [0.1, 0.15) is 12.1 Å². The van der Waals surface area contributed by atoms with Gasteiger partial charge in [-0.25, -0.2) is 9.36 Å². The first kappa shape index (κ1) is 17.7. The molecule has 24 heavy (non-hydrogen) atoms. The Morgan fingerprint density at radius 1 is 1.33 bits per heavy atom. The molecule has 0 atom stereocenters. The number of aryl methyl sites for hydroxylation is 2. The van der Waals surface area contributed by atoms with E-state index < -0.39 is 29.6 Å². The standard InChI is InChI=1S/C15H14BrN3O5/c1-7-3-10(16)11(4-8(7)2)19-14(23)9(5-17-6-12(20)21)13(22)18-15(19)24/h3-5,23H,6H2,1-2H3,(H,20,21)(H,18,22,24). The molecular formula is C15H14BrN3O5. The molecule has 0 spiro atoms. The topological polar surface area (TPSA) is 125 Å². The number of benzene rings is 1. The minimum atomic E-state index is -1.19. The van der Waals surface area contributed by atoms with Crippen LogP contribution in [0.5, 0.6) is 5.88 Å². The molecule has 2 rings (SSSR count). The first-order valence-corrected chi connectivity index (χ1v) is 7.58. The highest BCUT2D eigenvalue weighted by Gasteiger charge is 2.16. The number of halogens is 1. The fraction of sp³-hybridized carbons (Fsp3) is 0.200. The molecule has 0 aliphatic rings. The minimum Gasteiger partial charge on any atom is -0.493 e. The Bertz CT molecular complexity index is 959. The van der Waals surface area contributed by atoms with E-state index in [4.69, 9.17) is 5.11 Å². The fourth-order valence-electron chi connectivity index (χ4n) is 2.03. The van der Waals surface area contributed by atoms with E-state index in [1.807, 2.05) is 13.8 Å². The highest BCUT2D eigenvalue weighted by atomic mass is 79.9. The Labute approximate surface area is 144 Å². The second-order valence-corrected chi connectivity index (χ2v) is 5.94. The predicted octanol–water partition coefficient (Wildman–Crippen LogP) is 1.11. The molecule has 3 N–H and O–H groups in total. The average molecular weight is 396 g/mol. The molecule has 8 nitrogen and oxygen atoms in total. The van der Waals surface area contributed by atoms with Gasteiger partial charge in [0.15, 0.2) is 0 Å². The Morgan fingerprint density at radius 2 is 1.96 bits per heavy atom. The van der Waals surface area contributed by atoms with Crippen LogP contribution in [0.1, 0.15) is 16.7 Å². The summed E-state index contributed by atoms with van der Waals surface area (Å²) in [4.78, 5) is 40.1. The van der Waals surface area contributed by atoms with E-state index in [9.17, 15) is 19.5 Å². The van der Waals surface area contributed by atoms with E-state index in [0.29, 0.717) is 10.2 Å². The molecule has 126 valence electrons. The lowest BCUT2D eigenvalue weighted by Gasteiger charge is -2.13. The monoisotopic (exact) mass is 395 g/mol.